The van der Waals surface area contributed by atoms with Gasteiger partial charge >= 0.3 is 6.18 Å². The number of amides is 1. The monoisotopic (exact) mass is 375 g/mol. The van der Waals surface area contributed by atoms with Crippen molar-refractivity contribution in [2.75, 3.05) is 0 Å². The van der Waals surface area contributed by atoms with E-state index in [2.05, 4.69) is 26.3 Å². The number of alkyl halides is 3. The van der Waals surface area contributed by atoms with Crippen LogP contribution in [0.25, 0.3) is 0 Å². The molecule has 0 fully saturated rings. The molecule has 4 nitrogen and oxygen atoms in total. The first-order chi connectivity index (χ1) is 10.3. The van der Waals surface area contributed by atoms with Gasteiger partial charge < -0.3 is 5.32 Å². The summed E-state index contributed by atoms with van der Waals surface area (Å²) < 4.78 is 40.6. The number of nitrogens with one attached hydrogen (secondary N) is 1. The minimum Gasteiger partial charge on any atom is -0.347 e. The molecule has 1 aromatic heterocycles. The molecule has 1 amide bonds. The summed E-state index contributed by atoms with van der Waals surface area (Å²) >= 11 is 3.21. The van der Waals surface area contributed by atoms with E-state index in [0.29, 0.717) is 11.0 Å². The summed E-state index contributed by atoms with van der Waals surface area (Å²) in [6.45, 7) is 2.08. The smallest absolute Gasteiger partial charge is 0.347 e. The molecule has 0 aliphatic carbocycles. The van der Waals surface area contributed by atoms with Crippen molar-refractivity contribution in [2.45, 2.75) is 26.2 Å². The lowest BCUT2D eigenvalue weighted by molar-refractivity contribution is -0.138. The van der Waals surface area contributed by atoms with Crippen LogP contribution in [0.4, 0.5) is 13.2 Å². The fourth-order valence-electron chi connectivity index (χ4n) is 2.04. The van der Waals surface area contributed by atoms with Gasteiger partial charge in [0.1, 0.15) is 5.69 Å². The number of benzene rings is 1. The minimum atomic E-state index is -4.45. The van der Waals surface area contributed by atoms with Crippen LogP contribution < -0.4 is 5.32 Å². The molecule has 1 aromatic carbocycles. The molecule has 1 N–H and O–H groups in total. The number of hydrogen-bond donors (Lipinski definition) is 1. The van der Waals surface area contributed by atoms with Crippen molar-refractivity contribution in [1.29, 1.82) is 0 Å². The Hall–Kier alpha value is -1.83. The molecule has 0 saturated carbocycles. The maximum atomic E-state index is 12.9. The second-order valence-corrected chi connectivity index (χ2v) is 5.35. The first-order valence-corrected chi connectivity index (χ1v) is 7.28. The zero-order valence-electron chi connectivity index (χ0n) is 11.6. The zero-order chi connectivity index (χ0) is 16.3. The van der Waals surface area contributed by atoms with Gasteiger partial charge in [0.05, 0.1) is 16.2 Å². The predicted molar refractivity (Wildman–Crippen MR) is 78.2 cm³/mol. The van der Waals surface area contributed by atoms with Crippen molar-refractivity contribution in [2.24, 2.45) is 0 Å². The normalized spacial score (nSPS) is 11.5. The van der Waals surface area contributed by atoms with Crippen molar-refractivity contribution in [1.82, 2.24) is 15.1 Å². The van der Waals surface area contributed by atoms with Crippen molar-refractivity contribution in [3.63, 3.8) is 0 Å². The molecule has 0 spiro atoms. The highest BCUT2D eigenvalue weighted by Gasteiger charge is 2.32. The summed E-state index contributed by atoms with van der Waals surface area (Å²) in [5.41, 5.74) is -0.451. The fraction of sp³-hybridized carbons (Fsp3) is 0.286. The van der Waals surface area contributed by atoms with Crippen molar-refractivity contribution < 1.29 is 18.0 Å². The van der Waals surface area contributed by atoms with Crippen LogP contribution in [-0.2, 0) is 19.3 Å². The SMILES string of the molecule is CCn1ncc(Br)c1C(=O)NCc1ccccc1C(F)(F)F. The summed E-state index contributed by atoms with van der Waals surface area (Å²) in [6, 6.07) is 5.16. The number of halogens is 4. The Morgan fingerprint density at radius 2 is 2.05 bits per heavy atom. The highest BCUT2D eigenvalue weighted by molar-refractivity contribution is 9.10. The van der Waals surface area contributed by atoms with Gasteiger partial charge in [0.25, 0.3) is 5.91 Å². The highest BCUT2D eigenvalue weighted by atomic mass is 79.9. The standard InChI is InChI=1S/C14H13BrF3N3O/c1-2-21-12(11(15)8-20-21)13(22)19-7-9-5-3-4-6-10(9)14(16,17)18/h3-6,8H,2,7H2,1H3,(H,19,22). The number of aromatic nitrogens is 2. The Morgan fingerprint density at radius 3 is 2.68 bits per heavy atom. The molecule has 118 valence electrons. The van der Waals surface area contributed by atoms with Crippen molar-refractivity contribution >= 4 is 21.8 Å². The Balaban J connectivity index is 2.17. The first-order valence-electron chi connectivity index (χ1n) is 6.49. The lowest BCUT2D eigenvalue weighted by atomic mass is 10.1. The van der Waals surface area contributed by atoms with Gasteiger partial charge in [-0.1, -0.05) is 18.2 Å². The molecule has 0 atom stereocenters. The molecule has 2 aromatic rings. The Kier molecular flexibility index (Phi) is 4.90. The quantitative estimate of drug-likeness (QED) is 0.886. The lowest BCUT2D eigenvalue weighted by Crippen LogP contribution is -2.27. The molecule has 0 aliphatic heterocycles. The van der Waals surface area contributed by atoms with Gasteiger partial charge in [-0.3, -0.25) is 9.48 Å². The highest BCUT2D eigenvalue weighted by Crippen LogP contribution is 2.31. The van der Waals surface area contributed by atoms with Crippen LogP contribution in [-0.4, -0.2) is 15.7 Å². The first kappa shape index (κ1) is 16.5. The number of aryl methyl sites for hydroxylation is 1. The van der Waals surface area contributed by atoms with Gasteiger partial charge in [0.15, 0.2) is 0 Å². The van der Waals surface area contributed by atoms with Crippen molar-refractivity contribution in [3.8, 4) is 0 Å². The van der Waals surface area contributed by atoms with E-state index in [-0.39, 0.29) is 17.8 Å². The fourth-order valence-corrected chi connectivity index (χ4v) is 2.51. The molecule has 1 heterocycles. The van der Waals surface area contributed by atoms with E-state index in [9.17, 15) is 18.0 Å². The van der Waals surface area contributed by atoms with Crippen LogP contribution >= 0.6 is 15.9 Å². The number of hydrogen-bond acceptors (Lipinski definition) is 2. The second kappa shape index (κ2) is 6.51. The molecule has 2 rings (SSSR count). The third-order valence-corrected chi connectivity index (χ3v) is 3.65. The average molecular weight is 376 g/mol. The molecule has 0 bridgehead atoms. The average Bonchev–Trinajstić information content (AvgIpc) is 2.85. The summed E-state index contributed by atoms with van der Waals surface area (Å²) in [5, 5.41) is 6.50. The van der Waals surface area contributed by atoms with E-state index < -0.39 is 17.6 Å². The van der Waals surface area contributed by atoms with E-state index >= 15 is 0 Å². The Bertz CT molecular complexity index is 682. The van der Waals surface area contributed by atoms with Crippen LogP contribution in [0.1, 0.15) is 28.5 Å². The third kappa shape index (κ3) is 3.49. The number of nitrogens with zero attached hydrogens (tertiary/aromatic N) is 2. The van der Waals surface area contributed by atoms with Gasteiger partial charge in [-0.15, -0.1) is 0 Å². The number of carbonyl (C=O) groups is 1. The number of rotatable bonds is 4. The third-order valence-electron chi connectivity index (χ3n) is 3.07. The maximum absolute atomic E-state index is 12.9. The van der Waals surface area contributed by atoms with Crippen LogP contribution in [0, 0.1) is 0 Å². The van der Waals surface area contributed by atoms with Crippen LogP contribution in [0.3, 0.4) is 0 Å². The number of carbonyl (C=O) groups excluding carboxylic acids is 1. The van der Waals surface area contributed by atoms with Crippen molar-refractivity contribution in [3.05, 3.63) is 51.8 Å². The molecule has 0 aliphatic rings. The van der Waals surface area contributed by atoms with Crippen LogP contribution in [0.15, 0.2) is 34.9 Å². The summed E-state index contributed by atoms with van der Waals surface area (Å²) in [6.07, 6.45) is -2.98. The van der Waals surface area contributed by atoms with E-state index in [0.717, 1.165) is 6.07 Å². The summed E-state index contributed by atoms with van der Waals surface area (Å²) in [5.74, 6) is -0.483. The Morgan fingerprint density at radius 1 is 1.36 bits per heavy atom. The van der Waals surface area contributed by atoms with E-state index in [1.54, 1.807) is 0 Å². The van der Waals surface area contributed by atoms with Crippen LogP contribution in [0.5, 0.6) is 0 Å². The van der Waals surface area contributed by atoms with Gasteiger partial charge in [-0.05, 0) is 34.5 Å². The minimum absolute atomic E-state index is 0.0158. The largest absolute Gasteiger partial charge is 0.416 e. The lowest BCUT2D eigenvalue weighted by Gasteiger charge is -2.13. The molecule has 22 heavy (non-hydrogen) atoms. The van der Waals surface area contributed by atoms with Gasteiger partial charge in [-0.25, -0.2) is 0 Å². The van der Waals surface area contributed by atoms with Gasteiger partial charge in [-0.2, -0.15) is 18.3 Å². The summed E-state index contributed by atoms with van der Waals surface area (Å²) in [4.78, 5) is 12.2. The van der Waals surface area contributed by atoms with E-state index in [4.69, 9.17) is 0 Å². The Labute approximate surface area is 133 Å². The molecular formula is C14H13BrF3N3O. The van der Waals surface area contributed by atoms with Gasteiger partial charge in [0.2, 0.25) is 0 Å². The zero-order valence-corrected chi connectivity index (χ0v) is 13.2. The maximum Gasteiger partial charge on any atom is 0.416 e. The second-order valence-electron chi connectivity index (χ2n) is 4.49. The molecule has 0 saturated heterocycles. The molecule has 0 unspecified atom stereocenters. The summed E-state index contributed by atoms with van der Waals surface area (Å²) in [7, 11) is 0. The predicted octanol–water partition coefficient (Wildman–Crippen LogP) is 3.61. The van der Waals surface area contributed by atoms with Gasteiger partial charge in [0, 0.05) is 13.1 Å². The topological polar surface area (TPSA) is 46.9 Å². The van der Waals surface area contributed by atoms with Crippen LogP contribution in [0.2, 0.25) is 0 Å². The molecular weight excluding hydrogens is 363 g/mol. The van der Waals surface area contributed by atoms with E-state index in [1.165, 1.54) is 29.1 Å². The molecule has 0 radical (unpaired) electrons. The van der Waals surface area contributed by atoms with E-state index in [1.807, 2.05) is 6.92 Å². The molecule has 8 heteroatoms.